The van der Waals surface area contributed by atoms with Crippen LogP contribution in [0, 0.1) is 13.8 Å². The molecular weight excluding hydrogens is 682 g/mol. The van der Waals surface area contributed by atoms with Crippen molar-refractivity contribution in [1.82, 2.24) is 14.8 Å². The van der Waals surface area contributed by atoms with Gasteiger partial charge in [0.15, 0.2) is 11.5 Å². The van der Waals surface area contributed by atoms with Gasteiger partial charge in [-0.3, -0.25) is 4.79 Å². The molecule has 8 nitrogen and oxygen atoms in total. The van der Waals surface area contributed by atoms with Crippen LogP contribution in [0.4, 0.5) is 11.6 Å². The van der Waals surface area contributed by atoms with Gasteiger partial charge in [0.1, 0.15) is 12.6 Å². The van der Waals surface area contributed by atoms with Gasteiger partial charge in [-0.15, -0.1) is 5.10 Å². The number of allylic oxidation sites excluding steroid dienone is 1. The number of benzene rings is 3. The number of carbonyl (C=O) groups is 1. The fourth-order valence-corrected chi connectivity index (χ4v) is 6.17. The van der Waals surface area contributed by atoms with Gasteiger partial charge in [0.05, 0.1) is 17.2 Å². The second-order valence-electron chi connectivity index (χ2n) is 9.81. The van der Waals surface area contributed by atoms with Crippen LogP contribution in [0.5, 0.6) is 11.5 Å². The molecular formula is C31H31Br2N5O3S. The largest absolute Gasteiger partial charge is 0.493 e. The van der Waals surface area contributed by atoms with Crippen LogP contribution in [0.1, 0.15) is 42.1 Å². The first-order chi connectivity index (χ1) is 20.2. The summed E-state index contributed by atoms with van der Waals surface area (Å²) >= 11 is 8.72. The number of anilines is 2. The molecule has 1 aromatic heterocycles. The Labute approximate surface area is 266 Å². The highest BCUT2D eigenvalue weighted by Crippen LogP contribution is 2.43. The summed E-state index contributed by atoms with van der Waals surface area (Å²) in [5.41, 5.74) is 5.92. The Bertz CT molecular complexity index is 1670. The van der Waals surface area contributed by atoms with Gasteiger partial charge < -0.3 is 20.1 Å². The van der Waals surface area contributed by atoms with Crippen LogP contribution in [0.3, 0.4) is 0 Å². The molecule has 1 aliphatic rings. The summed E-state index contributed by atoms with van der Waals surface area (Å²) in [5, 5.41) is 11.9. The van der Waals surface area contributed by atoms with Gasteiger partial charge in [-0.05, 0) is 95.0 Å². The van der Waals surface area contributed by atoms with Crippen molar-refractivity contribution in [3.63, 3.8) is 0 Å². The number of nitrogens with one attached hydrogen (secondary N) is 2. The summed E-state index contributed by atoms with van der Waals surface area (Å²) in [7, 11) is 1.60. The quantitative estimate of drug-likeness (QED) is 0.170. The first-order valence-corrected chi connectivity index (χ1v) is 16.0. The molecule has 4 aromatic rings. The number of rotatable bonds is 9. The molecule has 218 valence electrons. The molecule has 1 amide bonds. The number of ether oxygens (including phenoxy) is 2. The summed E-state index contributed by atoms with van der Waals surface area (Å²) in [5.74, 6) is 2.27. The molecule has 42 heavy (non-hydrogen) atoms. The van der Waals surface area contributed by atoms with E-state index in [4.69, 9.17) is 14.6 Å². The van der Waals surface area contributed by atoms with Gasteiger partial charge in [-0.1, -0.05) is 58.9 Å². The van der Waals surface area contributed by atoms with Gasteiger partial charge in [-0.25, -0.2) is 4.68 Å². The maximum atomic E-state index is 14.0. The van der Waals surface area contributed by atoms with Crippen LogP contribution < -0.4 is 20.1 Å². The van der Waals surface area contributed by atoms with Gasteiger partial charge >= 0.3 is 0 Å². The standard InChI is InChI=1S/C31H31Br2N5O3S/c1-6-42-31-36-30-34-19(4)26(29(39)35-24-9-7-8-17(2)18(24)3)27(38(30)37-31)21-14-23(33)28(25(15-21)40-5)41-16-20-10-12-22(32)13-11-20/h7-15,27H,6,16H2,1-5H3,(H,35,39)(H,34,36,37). The second-order valence-corrected chi connectivity index (χ2v) is 12.8. The zero-order valence-corrected chi connectivity index (χ0v) is 27.9. The number of hydrogen-bond acceptors (Lipinski definition) is 7. The lowest BCUT2D eigenvalue weighted by molar-refractivity contribution is -0.113. The molecule has 1 unspecified atom stereocenters. The molecule has 2 heterocycles. The average Bonchev–Trinajstić information content (AvgIpc) is 3.36. The maximum absolute atomic E-state index is 14.0. The first-order valence-electron chi connectivity index (χ1n) is 13.4. The highest BCUT2D eigenvalue weighted by atomic mass is 79.9. The lowest BCUT2D eigenvalue weighted by atomic mass is 9.94. The van der Waals surface area contributed by atoms with E-state index in [9.17, 15) is 4.79 Å². The van der Waals surface area contributed by atoms with Crippen LogP contribution in [0.25, 0.3) is 0 Å². The third-order valence-electron chi connectivity index (χ3n) is 7.07. The van der Waals surface area contributed by atoms with Crippen molar-refractivity contribution in [2.75, 3.05) is 23.5 Å². The summed E-state index contributed by atoms with van der Waals surface area (Å²) in [4.78, 5) is 18.7. The fourth-order valence-electron chi connectivity index (χ4n) is 4.77. The number of methoxy groups -OCH3 is 1. The minimum Gasteiger partial charge on any atom is -0.493 e. The van der Waals surface area contributed by atoms with Crippen molar-refractivity contribution in [2.45, 2.75) is 45.5 Å². The monoisotopic (exact) mass is 711 g/mol. The first kappa shape index (κ1) is 30.2. The van der Waals surface area contributed by atoms with E-state index in [-0.39, 0.29) is 5.91 Å². The molecule has 0 fully saturated rings. The normalized spacial score (nSPS) is 14.3. The summed E-state index contributed by atoms with van der Waals surface area (Å²) in [6, 6.07) is 17.1. The van der Waals surface area contributed by atoms with Crippen molar-refractivity contribution >= 4 is 61.2 Å². The summed E-state index contributed by atoms with van der Waals surface area (Å²) in [6.45, 7) is 8.33. The smallest absolute Gasteiger partial charge is 0.255 e. The molecule has 2 N–H and O–H groups in total. The van der Waals surface area contributed by atoms with Gasteiger partial charge in [0, 0.05) is 15.9 Å². The number of fused-ring (bicyclic) bond motifs is 1. The van der Waals surface area contributed by atoms with E-state index >= 15 is 0 Å². The Balaban J connectivity index is 1.56. The van der Waals surface area contributed by atoms with Gasteiger partial charge in [0.25, 0.3) is 5.91 Å². The number of hydrogen-bond donors (Lipinski definition) is 2. The average molecular weight is 713 g/mol. The van der Waals surface area contributed by atoms with E-state index in [0.29, 0.717) is 45.0 Å². The molecule has 11 heteroatoms. The van der Waals surface area contributed by atoms with Crippen LogP contribution in [0.15, 0.2) is 80.0 Å². The maximum Gasteiger partial charge on any atom is 0.255 e. The molecule has 0 spiro atoms. The van der Waals surface area contributed by atoms with Crippen molar-refractivity contribution in [2.24, 2.45) is 0 Å². The second kappa shape index (κ2) is 12.9. The molecule has 0 saturated carbocycles. The molecule has 0 radical (unpaired) electrons. The Kier molecular flexibility index (Phi) is 9.29. The van der Waals surface area contributed by atoms with Crippen molar-refractivity contribution in [1.29, 1.82) is 0 Å². The van der Waals surface area contributed by atoms with Crippen LogP contribution in [-0.2, 0) is 11.4 Å². The van der Waals surface area contributed by atoms with E-state index in [1.807, 2.05) is 75.4 Å². The number of thioether (sulfide) groups is 1. The number of aromatic nitrogens is 3. The molecule has 1 aliphatic heterocycles. The predicted molar refractivity (Wildman–Crippen MR) is 175 cm³/mol. The minimum absolute atomic E-state index is 0.227. The van der Waals surface area contributed by atoms with Gasteiger partial charge in [-0.2, -0.15) is 4.98 Å². The zero-order chi connectivity index (χ0) is 30.0. The molecule has 5 rings (SSSR count). The topological polar surface area (TPSA) is 90.3 Å². The van der Waals surface area contributed by atoms with E-state index in [1.54, 1.807) is 23.6 Å². The van der Waals surface area contributed by atoms with Crippen molar-refractivity contribution < 1.29 is 14.3 Å². The number of nitrogens with zero attached hydrogens (tertiary/aromatic N) is 3. The Morgan fingerprint density at radius 3 is 2.60 bits per heavy atom. The fraction of sp³-hybridized carbons (Fsp3) is 0.258. The highest BCUT2D eigenvalue weighted by molar-refractivity contribution is 9.10. The lowest BCUT2D eigenvalue weighted by Gasteiger charge is -2.29. The van der Waals surface area contributed by atoms with Crippen LogP contribution >= 0.6 is 43.6 Å². The molecule has 3 aromatic carbocycles. The molecule has 0 aliphatic carbocycles. The van der Waals surface area contributed by atoms with Crippen LogP contribution in [0.2, 0.25) is 0 Å². The molecule has 0 bridgehead atoms. The SMILES string of the molecule is CCSc1nc2n(n1)C(c1cc(Br)c(OCc3ccc(Br)cc3)c(OC)c1)C(C(=O)Nc1cccc(C)c1C)=C(C)N2. The Morgan fingerprint density at radius 1 is 1.12 bits per heavy atom. The Morgan fingerprint density at radius 2 is 1.88 bits per heavy atom. The molecule has 0 saturated heterocycles. The molecule has 1 atom stereocenters. The number of aryl methyl sites for hydroxylation is 1. The van der Waals surface area contributed by atoms with Crippen molar-refractivity contribution in [3.8, 4) is 11.5 Å². The van der Waals surface area contributed by atoms with E-state index in [2.05, 4.69) is 54.4 Å². The number of halogens is 2. The number of carbonyl (C=O) groups excluding carboxylic acids is 1. The predicted octanol–water partition coefficient (Wildman–Crippen LogP) is 8.05. The summed E-state index contributed by atoms with van der Waals surface area (Å²) in [6.07, 6.45) is 0. The van der Waals surface area contributed by atoms with Gasteiger partial charge in [0.2, 0.25) is 11.1 Å². The zero-order valence-electron chi connectivity index (χ0n) is 23.9. The third kappa shape index (κ3) is 6.23. The van der Waals surface area contributed by atoms with E-state index in [0.717, 1.165) is 38.2 Å². The van der Waals surface area contributed by atoms with E-state index in [1.165, 1.54) is 0 Å². The third-order valence-corrected chi connectivity index (χ3v) is 8.91. The summed E-state index contributed by atoms with van der Waals surface area (Å²) < 4.78 is 15.5. The minimum atomic E-state index is -0.573. The van der Waals surface area contributed by atoms with Crippen molar-refractivity contribution in [3.05, 3.63) is 97.1 Å². The van der Waals surface area contributed by atoms with Crippen LogP contribution in [-0.4, -0.2) is 33.5 Å². The Hall–Kier alpha value is -3.28. The number of amides is 1. The highest BCUT2D eigenvalue weighted by Gasteiger charge is 2.35. The van der Waals surface area contributed by atoms with E-state index < -0.39 is 6.04 Å². The lowest BCUT2D eigenvalue weighted by Crippen LogP contribution is -2.31.